The number of carbonyl (C=O) groups is 1. The third kappa shape index (κ3) is 7.01. The number of pyridine rings is 1. The zero-order chi connectivity index (χ0) is 33.9. The number of aliphatic hydroxyl groups is 2. The van der Waals surface area contributed by atoms with Crippen molar-refractivity contribution in [2.24, 2.45) is 0 Å². The van der Waals surface area contributed by atoms with Crippen LogP contribution in [0, 0.1) is 0 Å². The average molecular weight is 726 g/mol. The lowest BCUT2D eigenvalue weighted by atomic mass is 10.1. The molecule has 6 heterocycles. The van der Waals surface area contributed by atoms with Gasteiger partial charge in [0, 0.05) is 6.07 Å². The van der Waals surface area contributed by atoms with Gasteiger partial charge in [0.1, 0.15) is 47.9 Å². The Morgan fingerprint density at radius 2 is 1.83 bits per heavy atom. The molecule has 0 spiro atoms. The Balaban J connectivity index is 1.08. The Bertz CT molecular complexity index is 1830. The largest absolute Gasteiger partial charge is 0.756 e. The van der Waals surface area contributed by atoms with Crippen LogP contribution in [0.15, 0.2) is 37.2 Å². The van der Waals surface area contributed by atoms with E-state index in [1.165, 1.54) is 29.2 Å². The molecule has 6 rings (SSSR count). The van der Waals surface area contributed by atoms with Gasteiger partial charge in [-0.25, -0.2) is 33.2 Å². The number of aromatic nitrogens is 5. The summed E-state index contributed by atoms with van der Waals surface area (Å²) in [4.78, 5) is 55.7. The van der Waals surface area contributed by atoms with Crippen molar-refractivity contribution in [2.75, 3.05) is 18.9 Å². The second-order valence-corrected chi connectivity index (χ2v) is 14.6. The van der Waals surface area contributed by atoms with Gasteiger partial charge in [-0.15, -0.1) is 0 Å². The lowest BCUT2D eigenvalue weighted by Crippen LogP contribution is -2.46. The first-order valence-electron chi connectivity index (χ1n) is 13.2. The van der Waals surface area contributed by atoms with Crippen molar-refractivity contribution < 1.29 is 84.9 Å². The molecule has 3 unspecified atom stereocenters. The molecule has 11 atom stereocenters. The molecule has 0 aromatic carbocycles. The molecular weight excluding hydrogens is 701 g/mol. The summed E-state index contributed by atoms with van der Waals surface area (Å²) in [5.74, 6) is -1.26. The minimum absolute atomic E-state index is 0.0247. The molecule has 256 valence electrons. The third-order valence-electron chi connectivity index (χ3n) is 7.16. The normalized spacial score (nSPS) is 34.7. The number of nitrogens with zero attached hydrogens (tertiary/aromatic N) is 5. The number of carboxylic acid groups (broad SMARTS) is 1. The number of phosphoric acid groups is 3. The number of imidazole rings is 1. The number of anilines is 1. The SMILES string of the molecule is Nc1ncnc2c1ncn2[C@@H]1O[C@H](COP(=O)(O)OP(=O)([O-])OC[C@H]2O[C@@H]([n+]3cccc(C(=O)O)c3)[C@H](O)[C@@H]2O)[C@H]2OP(=O)(O)O[C@H]21. The third-order valence-corrected chi connectivity index (χ3v) is 10.7. The fourth-order valence-electron chi connectivity index (χ4n) is 5.09. The maximum Gasteiger partial charge on any atom is 0.478 e. The van der Waals surface area contributed by atoms with Crippen molar-refractivity contribution >= 4 is 46.4 Å². The van der Waals surface area contributed by atoms with E-state index in [2.05, 4.69) is 23.8 Å². The summed E-state index contributed by atoms with van der Waals surface area (Å²) >= 11 is 0. The van der Waals surface area contributed by atoms with Crippen molar-refractivity contribution in [1.29, 1.82) is 0 Å². The van der Waals surface area contributed by atoms with Crippen molar-refractivity contribution in [3.8, 4) is 0 Å². The molecule has 3 aromatic rings. The number of hydrogen-bond donors (Lipinski definition) is 6. The molecule has 47 heavy (non-hydrogen) atoms. The zero-order valence-electron chi connectivity index (χ0n) is 23.3. The second-order valence-electron chi connectivity index (χ2n) is 10.2. The van der Waals surface area contributed by atoms with Crippen molar-refractivity contribution in [3.05, 3.63) is 42.7 Å². The summed E-state index contributed by atoms with van der Waals surface area (Å²) in [7, 11) is -15.8. The molecule has 0 bridgehead atoms. The predicted molar refractivity (Wildman–Crippen MR) is 143 cm³/mol. The summed E-state index contributed by atoms with van der Waals surface area (Å²) in [5, 5.41) is 29.9. The number of ether oxygens (including phenoxy) is 2. The van der Waals surface area contributed by atoms with Gasteiger partial charge >= 0.3 is 21.6 Å². The predicted octanol–water partition coefficient (Wildman–Crippen LogP) is -1.89. The van der Waals surface area contributed by atoms with E-state index in [1.807, 2.05) is 0 Å². The van der Waals surface area contributed by atoms with E-state index in [-0.39, 0.29) is 22.5 Å². The van der Waals surface area contributed by atoms with Crippen LogP contribution in [-0.4, -0.2) is 100 Å². The van der Waals surface area contributed by atoms with E-state index in [4.69, 9.17) is 28.8 Å². The van der Waals surface area contributed by atoms with E-state index < -0.39 is 91.7 Å². The monoisotopic (exact) mass is 726 g/mol. The topological polar surface area (TPSA) is 331 Å². The van der Waals surface area contributed by atoms with Crippen LogP contribution in [0.5, 0.6) is 0 Å². The van der Waals surface area contributed by atoms with E-state index in [0.29, 0.717) is 0 Å². The summed E-state index contributed by atoms with van der Waals surface area (Å²) in [5.41, 5.74) is 5.94. The molecule has 23 nitrogen and oxygen atoms in total. The highest BCUT2D eigenvalue weighted by Crippen LogP contribution is 2.61. The summed E-state index contributed by atoms with van der Waals surface area (Å²) in [6.07, 6.45) is -6.75. The number of carboxylic acids is 1. The van der Waals surface area contributed by atoms with Gasteiger partial charge in [0.2, 0.25) is 0 Å². The maximum absolute atomic E-state index is 12.6. The minimum Gasteiger partial charge on any atom is -0.756 e. The zero-order valence-corrected chi connectivity index (χ0v) is 26.0. The van der Waals surface area contributed by atoms with Crippen LogP contribution < -0.4 is 15.2 Å². The minimum atomic E-state index is -5.68. The van der Waals surface area contributed by atoms with Crippen LogP contribution in [0.1, 0.15) is 22.8 Å². The Labute approximate surface area is 261 Å². The standard InChI is InChI=1S/C21H25N6O17P3/c22-17-12-18(24-7-23-17)27(8-25-12)20-16-15(42-47(36,37)43-16)11(41-20)6-39-46(34,35)44-45(32,33)38-5-10-13(28)14(29)19(40-10)26-3-1-2-9(4-26)21(30)31/h1-4,7-8,10-11,13-16,19-20,28-29H,5-6H2,(H5-,22,23,24,30,31,32,33,34,35,36,37)/t10-,11-,13-,14-,15-,16-,19-,20-/m1/s1. The fourth-order valence-corrected chi connectivity index (χ4v) is 8.29. The smallest absolute Gasteiger partial charge is 0.478 e. The van der Waals surface area contributed by atoms with Crippen molar-refractivity contribution in [3.63, 3.8) is 0 Å². The van der Waals surface area contributed by atoms with Crippen LogP contribution in [0.25, 0.3) is 11.2 Å². The quantitative estimate of drug-likeness (QED) is 0.0929. The molecule has 3 fully saturated rings. The van der Waals surface area contributed by atoms with E-state index >= 15 is 0 Å². The average Bonchev–Trinajstić information content (AvgIpc) is 3.72. The number of fused-ring (bicyclic) bond motifs is 2. The summed E-state index contributed by atoms with van der Waals surface area (Å²) in [6, 6.07) is 2.60. The fraction of sp³-hybridized carbons (Fsp3) is 0.476. The Morgan fingerprint density at radius 1 is 1.11 bits per heavy atom. The Kier molecular flexibility index (Phi) is 9.11. The van der Waals surface area contributed by atoms with Gasteiger partial charge in [0.25, 0.3) is 14.1 Å². The number of rotatable bonds is 11. The highest BCUT2D eigenvalue weighted by Gasteiger charge is 2.58. The van der Waals surface area contributed by atoms with E-state index in [0.717, 1.165) is 17.1 Å². The molecule has 3 aliphatic rings. The number of nitrogens with two attached hydrogens (primary N) is 1. The van der Waals surface area contributed by atoms with Crippen LogP contribution in [0.3, 0.4) is 0 Å². The van der Waals surface area contributed by atoms with Gasteiger partial charge in [-0.3, -0.25) is 22.7 Å². The molecule has 0 amide bonds. The van der Waals surface area contributed by atoms with Gasteiger partial charge in [-0.1, -0.05) is 0 Å². The van der Waals surface area contributed by atoms with Gasteiger partial charge in [0.05, 0.1) is 19.5 Å². The van der Waals surface area contributed by atoms with Crippen molar-refractivity contribution in [1.82, 2.24) is 19.5 Å². The number of aromatic carboxylic acids is 1. The number of phosphoric ester groups is 3. The van der Waals surface area contributed by atoms with Gasteiger partial charge in [0.15, 0.2) is 36.2 Å². The van der Waals surface area contributed by atoms with E-state index in [9.17, 15) is 48.5 Å². The second kappa shape index (κ2) is 12.6. The van der Waals surface area contributed by atoms with Crippen LogP contribution >= 0.6 is 23.5 Å². The molecule has 0 saturated carbocycles. The number of hydrogen-bond acceptors (Lipinski definition) is 18. The summed E-state index contributed by atoms with van der Waals surface area (Å²) < 4.78 is 74.6. The highest BCUT2D eigenvalue weighted by atomic mass is 31.3. The van der Waals surface area contributed by atoms with Gasteiger partial charge in [-0.05, 0) is 6.07 Å². The van der Waals surface area contributed by atoms with E-state index in [1.54, 1.807) is 0 Å². The lowest BCUT2D eigenvalue weighted by Gasteiger charge is -2.26. The van der Waals surface area contributed by atoms with Crippen molar-refractivity contribution in [2.45, 2.75) is 49.1 Å². The molecule has 3 saturated heterocycles. The first-order valence-corrected chi connectivity index (χ1v) is 17.7. The Morgan fingerprint density at radius 3 is 2.57 bits per heavy atom. The molecule has 0 aliphatic carbocycles. The van der Waals surface area contributed by atoms with Crippen LogP contribution in [-0.2, 0) is 45.6 Å². The Hall–Kier alpha value is -2.82. The molecule has 26 heteroatoms. The maximum atomic E-state index is 12.6. The molecular formula is C21H25N6O17P3. The first-order chi connectivity index (χ1) is 22.0. The number of nitrogen functional groups attached to an aromatic ring is 1. The molecule has 0 radical (unpaired) electrons. The summed E-state index contributed by atoms with van der Waals surface area (Å²) in [6.45, 7) is -1.93. The first kappa shape index (κ1) is 34.1. The van der Waals surface area contributed by atoms with Crippen LogP contribution in [0.4, 0.5) is 5.82 Å². The van der Waals surface area contributed by atoms with Gasteiger partial charge in [-0.2, -0.15) is 4.57 Å². The highest BCUT2D eigenvalue weighted by molar-refractivity contribution is 7.60. The molecule has 7 N–H and O–H groups in total. The molecule has 3 aromatic heterocycles. The molecule has 3 aliphatic heterocycles. The van der Waals surface area contributed by atoms with Crippen LogP contribution in [0.2, 0.25) is 0 Å². The lowest BCUT2D eigenvalue weighted by molar-refractivity contribution is -0.765. The van der Waals surface area contributed by atoms with Gasteiger partial charge < -0.3 is 49.7 Å². The number of aliphatic hydroxyl groups excluding tert-OH is 2.